The van der Waals surface area contributed by atoms with Crippen LogP contribution in [0, 0.1) is 29.6 Å². The van der Waals surface area contributed by atoms with Crippen molar-refractivity contribution in [2.45, 2.75) is 25.3 Å². The van der Waals surface area contributed by atoms with Crippen LogP contribution in [0.3, 0.4) is 0 Å². The molecule has 5 atom stereocenters. The zero-order valence-corrected chi connectivity index (χ0v) is 11.0. The lowest BCUT2D eigenvalue weighted by Gasteiger charge is -2.34. The van der Waals surface area contributed by atoms with Crippen molar-refractivity contribution in [1.82, 2.24) is 10.2 Å². The third-order valence-electron chi connectivity index (χ3n) is 5.88. The van der Waals surface area contributed by atoms with Gasteiger partial charge in [0.15, 0.2) is 0 Å². The van der Waals surface area contributed by atoms with Crippen molar-refractivity contribution in [3.05, 3.63) is 0 Å². The molecular weight excluding hydrogens is 242 g/mol. The Labute approximate surface area is 112 Å². The van der Waals surface area contributed by atoms with Crippen molar-refractivity contribution in [2.24, 2.45) is 35.3 Å². The highest BCUT2D eigenvalue weighted by atomic mass is 16.2. The van der Waals surface area contributed by atoms with Gasteiger partial charge in [-0.05, 0) is 42.9 Å². The summed E-state index contributed by atoms with van der Waals surface area (Å²) in [4.78, 5) is 25.9. The zero-order chi connectivity index (χ0) is 13.1. The van der Waals surface area contributed by atoms with Crippen LogP contribution in [0.15, 0.2) is 0 Å². The average Bonchev–Trinajstić information content (AvgIpc) is 2.85. The number of nitrogens with two attached hydrogens (primary N) is 1. The molecular formula is C14H21N3O2. The van der Waals surface area contributed by atoms with E-state index in [1.807, 2.05) is 0 Å². The maximum absolute atomic E-state index is 12.7. The van der Waals surface area contributed by atoms with E-state index in [9.17, 15) is 9.59 Å². The summed E-state index contributed by atoms with van der Waals surface area (Å²) in [6, 6.07) is -0.444. The Hall–Kier alpha value is -1.10. The van der Waals surface area contributed by atoms with Gasteiger partial charge in [0.2, 0.25) is 11.8 Å². The molecule has 0 aromatic rings. The topological polar surface area (TPSA) is 75.4 Å². The molecule has 4 rings (SSSR count). The average molecular weight is 263 g/mol. The fourth-order valence-corrected chi connectivity index (χ4v) is 5.07. The quantitative estimate of drug-likeness (QED) is 0.709. The summed E-state index contributed by atoms with van der Waals surface area (Å²) in [5.41, 5.74) is 5.43. The summed E-state index contributed by atoms with van der Waals surface area (Å²) in [7, 11) is 0. The van der Waals surface area contributed by atoms with E-state index in [2.05, 4.69) is 5.32 Å². The summed E-state index contributed by atoms with van der Waals surface area (Å²) in [5.74, 6) is 2.89. The summed E-state index contributed by atoms with van der Waals surface area (Å²) < 4.78 is 0. The molecule has 1 saturated heterocycles. The molecule has 3 N–H and O–H groups in total. The van der Waals surface area contributed by atoms with Crippen molar-refractivity contribution < 1.29 is 9.59 Å². The van der Waals surface area contributed by atoms with E-state index in [1.54, 1.807) is 4.90 Å². The highest BCUT2D eigenvalue weighted by Crippen LogP contribution is 2.69. The zero-order valence-electron chi connectivity index (χ0n) is 11.0. The Morgan fingerprint density at radius 3 is 2.47 bits per heavy atom. The first-order valence-corrected chi connectivity index (χ1v) is 7.49. The van der Waals surface area contributed by atoms with Crippen molar-refractivity contribution in [1.29, 1.82) is 0 Å². The van der Waals surface area contributed by atoms with Crippen LogP contribution in [0.2, 0.25) is 0 Å². The monoisotopic (exact) mass is 263 g/mol. The predicted octanol–water partition coefficient (Wildman–Crippen LogP) is -0.436. The van der Waals surface area contributed by atoms with Crippen LogP contribution in [-0.2, 0) is 9.59 Å². The van der Waals surface area contributed by atoms with Crippen LogP contribution in [0.1, 0.15) is 19.3 Å². The second kappa shape index (κ2) is 3.95. The molecule has 3 aliphatic carbocycles. The number of rotatable bonds is 2. The van der Waals surface area contributed by atoms with Gasteiger partial charge in [-0.2, -0.15) is 0 Å². The highest BCUT2D eigenvalue weighted by Gasteiger charge is 2.68. The number of fused-ring (bicyclic) bond motifs is 5. The molecule has 0 aromatic heterocycles. The highest BCUT2D eigenvalue weighted by molar-refractivity contribution is 5.90. The Kier molecular flexibility index (Phi) is 2.43. The van der Waals surface area contributed by atoms with Gasteiger partial charge in [0.25, 0.3) is 0 Å². The van der Waals surface area contributed by atoms with Gasteiger partial charge in [0.1, 0.15) is 6.04 Å². The minimum Gasteiger partial charge on any atom is -0.368 e. The second-order valence-electron chi connectivity index (χ2n) is 6.67. The van der Waals surface area contributed by atoms with Crippen LogP contribution in [0.5, 0.6) is 0 Å². The molecule has 0 radical (unpaired) electrons. The van der Waals surface area contributed by atoms with E-state index in [1.165, 1.54) is 19.3 Å². The predicted molar refractivity (Wildman–Crippen MR) is 68.9 cm³/mol. The summed E-state index contributed by atoms with van der Waals surface area (Å²) >= 11 is 0. The lowest BCUT2D eigenvalue weighted by molar-refractivity contribution is -0.142. The van der Waals surface area contributed by atoms with Gasteiger partial charge in [-0.25, -0.2) is 0 Å². The molecule has 4 fully saturated rings. The number of primary amides is 1. The summed E-state index contributed by atoms with van der Waals surface area (Å²) in [6.07, 6.45) is 3.98. The number of carbonyl (C=O) groups is 2. The molecule has 5 nitrogen and oxygen atoms in total. The Balaban J connectivity index is 1.50. The Morgan fingerprint density at radius 1 is 1.16 bits per heavy atom. The summed E-state index contributed by atoms with van der Waals surface area (Å²) in [5, 5.41) is 3.15. The molecule has 3 saturated carbocycles. The Bertz CT molecular complexity index is 422. The number of piperazine rings is 1. The first kappa shape index (κ1) is 11.7. The maximum Gasteiger partial charge on any atom is 0.241 e. The fraction of sp³-hybridized carbons (Fsp3) is 0.857. The minimum absolute atomic E-state index is 0.205. The van der Waals surface area contributed by atoms with Gasteiger partial charge < -0.3 is 16.0 Å². The molecule has 2 amide bonds. The standard InChI is InChI=1S/C14H21N3O2/c15-13(18)9-6-16-3-4-17(9)14(19)12-10-7-1-2-8(5-7)11(10)12/h7-12,16H,1-6H2,(H2,15,18). The minimum atomic E-state index is -0.444. The summed E-state index contributed by atoms with van der Waals surface area (Å²) in [6.45, 7) is 1.90. The Morgan fingerprint density at radius 2 is 1.84 bits per heavy atom. The van der Waals surface area contributed by atoms with Crippen LogP contribution in [-0.4, -0.2) is 42.4 Å². The van der Waals surface area contributed by atoms with E-state index in [-0.39, 0.29) is 17.7 Å². The second-order valence-corrected chi connectivity index (χ2v) is 6.67. The van der Waals surface area contributed by atoms with E-state index in [4.69, 9.17) is 5.73 Å². The molecule has 19 heavy (non-hydrogen) atoms. The van der Waals surface area contributed by atoms with Gasteiger partial charge in [0.05, 0.1) is 0 Å². The number of hydrogen-bond donors (Lipinski definition) is 2. The number of nitrogens with zero attached hydrogens (tertiary/aromatic N) is 1. The van der Waals surface area contributed by atoms with Crippen molar-refractivity contribution in [2.75, 3.05) is 19.6 Å². The molecule has 5 unspecified atom stereocenters. The van der Waals surface area contributed by atoms with Gasteiger partial charge in [-0.3, -0.25) is 9.59 Å². The van der Waals surface area contributed by atoms with Crippen LogP contribution in [0.4, 0.5) is 0 Å². The number of nitrogens with one attached hydrogen (secondary N) is 1. The first-order chi connectivity index (χ1) is 9.18. The molecule has 1 aliphatic heterocycles. The van der Waals surface area contributed by atoms with Crippen molar-refractivity contribution >= 4 is 11.8 Å². The maximum atomic E-state index is 12.7. The third kappa shape index (κ3) is 1.57. The molecule has 5 heteroatoms. The van der Waals surface area contributed by atoms with Crippen LogP contribution in [0.25, 0.3) is 0 Å². The smallest absolute Gasteiger partial charge is 0.241 e. The largest absolute Gasteiger partial charge is 0.368 e. The lowest BCUT2D eigenvalue weighted by atomic mass is 10.0. The molecule has 104 valence electrons. The first-order valence-electron chi connectivity index (χ1n) is 7.49. The number of hydrogen-bond acceptors (Lipinski definition) is 3. The lowest BCUT2D eigenvalue weighted by Crippen LogP contribution is -2.59. The van der Waals surface area contributed by atoms with Crippen LogP contribution >= 0.6 is 0 Å². The molecule has 4 aliphatic rings. The van der Waals surface area contributed by atoms with Gasteiger partial charge >= 0.3 is 0 Å². The third-order valence-corrected chi connectivity index (χ3v) is 5.88. The molecule has 1 heterocycles. The van der Waals surface area contributed by atoms with Gasteiger partial charge in [-0.1, -0.05) is 0 Å². The van der Waals surface area contributed by atoms with Crippen molar-refractivity contribution in [3.63, 3.8) is 0 Å². The fourth-order valence-electron chi connectivity index (χ4n) is 5.07. The number of amides is 2. The number of carbonyl (C=O) groups excluding carboxylic acids is 2. The van der Waals surface area contributed by atoms with Crippen molar-refractivity contribution in [3.8, 4) is 0 Å². The molecule has 2 bridgehead atoms. The SMILES string of the molecule is NC(=O)C1CNCCN1C(=O)C1C2C3CCC(C3)C12. The molecule has 0 aromatic carbocycles. The van der Waals surface area contributed by atoms with E-state index >= 15 is 0 Å². The van der Waals surface area contributed by atoms with Crippen LogP contribution < -0.4 is 11.1 Å². The molecule has 0 spiro atoms. The van der Waals surface area contributed by atoms with Gasteiger partial charge in [-0.15, -0.1) is 0 Å². The van der Waals surface area contributed by atoms with Gasteiger partial charge in [0, 0.05) is 25.6 Å². The van der Waals surface area contributed by atoms with E-state index in [0.717, 1.165) is 18.4 Å². The normalized spacial score (nSPS) is 47.1. The van der Waals surface area contributed by atoms with E-state index < -0.39 is 6.04 Å². The van der Waals surface area contributed by atoms with E-state index in [0.29, 0.717) is 24.9 Å².